The number of fused-ring (bicyclic) bond motifs is 2. The molecule has 0 saturated carbocycles. The van der Waals surface area contributed by atoms with E-state index in [1.807, 2.05) is 6.07 Å². The molecular weight excluding hydrogens is 376 g/mol. The number of thiophene rings is 1. The van der Waals surface area contributed by atoms with Gasteiger partial charge in [-0.05, 0) is 43.0 Å². The zero-order valence-electron chi connectivity index (χ0n) is 16.5. The number of para-hydroxylation sites is 1. The fourth-order valence-corrected chi connectivity index (χ4v) is 4.99. The molecule has 144 valence electrons. The van der Waals surface area contributed by atoms with E-state index >= 15 is 0 Å². The van der Waals surface area contributed by atoms with Crippen LogP contribution in [0.1, 0.15) is 16.8 Å². The third-order valence-corrected chi connectivity index (χ3v) is 6.58. The molecule has 0 aliphatic carbocycles. The minimum Gasteiger partial charge on any atom is -0.368 e. The number of nitrogens with one attached hydrogen (secondary N) is 2. The second-order valence-electron chi connectivity index (χ2n) is 7.32. The van der Waals surface area contributed by atoms with Crippen LogP contribution in [0, 0.1) is 13.8 Å². The molecule has 0 bridgehead atoms. The zero-order chi connectivity index (χ0) is 19.8. The molecule has 0 aliphatic rings. The SMILES string of the molecule is Cc1[nH]c2c(C)cccc2c1CCNc1ncnc2cc(-c3ccccc3)sc12. The van der Waals surface area contributed by atoms with Gasteiger partial charge in [0.2, 0.25) is 0 Å². The lowest BCUT2D eigenvalue weighted by Gasteiger charge is -2.07. The van der Waals surface area contributed by atoms with Crippen molar-refractivity contribution in [2.24, 2.45) is 0 Å². The molecule has 0 unspecified atom stereocenters. The number of aromatic amines is 1. The van der Waals surface area contributed by atoms with E-state index in [-0.39, 0.29) is 0 Å². The van der Waals surface area contributed by atoms with Crippen molar-refractivity contribution in [1.82, 2.24) is 15.0 Å². The summed E-state index contributed by atoms with van der Waals surface area (Å²) in [5.41, 5.74) is 7.35. The molecule has 29 heavy (non-hydrogen) atoms. The van der Waals surface area contributed by atoms with Crippen molar-refractivity contribution in [3.05, 3.63) is 77.7 Å². The number of benzene rings is 2. The van der Waals surface area contributed by atoms with Gasteiger partial charge in [-0.15, -0.1) is 11.3 Å². The topological polar surface area (TPSA) is 53.6 Å². The van der Waals surface area contributed by atoms with Crippen LogP contribution in [0.4, 0.5) is 5.82 Å². The Morgan fingerprint density at radius 1 is 1.00 bits per heavy atom. The second-order valence-corrected chi connectivity index (χ2v) is 8.37. The maximum Gasteiger partial charge on any atom is 0.147 e. The summed E-state index contributed by atoms with van der Waals surface area (Å²) in [6.07, 6.45) is 2.59. The minimum atomic E-state index is 0.826. The number of hydrogen-bond acceptors (Lipinski definition) is 4. The number of hydrogen-bond donors (Lipinski definition) is 2. The Morgan fingerprint density at radius 2 is 1.86 bits per heavy atom. The van der Waals surface area contributed by atoms with Crippen molar-refractivity contribution in [1.29, 1.82) is 0 Å². The molecular formula is C24H22N4S. The van der Waals surface area contributed by atoms with Gasteiger partial charge in [0.25, 0.3) is 0 Å². The van der Waals surface area contributed by atoms with Gasteiger partial charge in [0.15, 0.2) is 0 Å². The van der Waals surface area contributed by atoms with Gasteiger partial charge in [-0.3, -0.25) is 0 Å². The lowest BCUT2D eigenvalue weighted by atomic mass is 10.1. The van der Waals surface area contributed by atoms with Crippen molar-refractivity contribution in [3.63, 3.8) is 0 Å². The van der Waals surface area contributed by atoms with Gasteiger partial charge in [-0.25, -0.2) is 9.97 Å². The third-order valence-electron chi connectivity index (χ3n) is 5.40. The highest BCUT2D eigenvalue weighted by Gasteiger charge is 2.12. The van der Waals surface area contributed by atoms with Crippen LogP contribution in [-0.2, 0) is 6.42 Å². The van der Waals surface area contributed by atoms with Crippen LogP contribution < -0.4 is 5.32 Å². The van der Waals surface area contributed by atoms with Gasteiger partial charge >= 0.3 is 0 Å². The molecule has 0 radical (unpaired) electrons. The smallest absolute Gasteiger partial charge is 0.147 e. The van der Waals surface area contributed by atoms with Gasteiger partial charge in [-0.2, -0.15) is 0 Å². The van der Waals surface area contributed by atoms with Gasteiger partial charge in [0.1, 0.15) is 12.1 Å². The number of anilines is 1. The Bertz CT molecular complexity index is 1300. The molecule has 0 aliphatic heterocycles. The van der Waals surface area contributed by atoms with E-state index in [9.17, 15) is 0 Å². The molecule has 0 amide bonds. The first-order valence-electron chi connectivity index (χ1n) is 9.81. The van der Waals surface area contributed by atoms with Gasteiger partial charge < -0.3 is 10.3 Å². The first-order valence-corrected chi connectivity index (χ1v) is 10.6. The van der Waals surface area contributed by atoms with Crippen molar-refractivity contribution in [2.75, 3.05) is 11.9 Å². The normalized spacial score (nSPS) is 11.4. The number of aromatic nitrogens is 3. The molecule has 0 atom stereocenters. The summed E-state index contributed by atoms with van der Waals surface area (Å²) in [7, 11) is 0. The predicted octanol–water partition coefficient (Wildman–Crippen LogP) is 6.11. The molecule has 0 spiro atoms. The lowest BCUT2D eigenvalue weighted by Crippen LogP contribution is -2.07. The number of rotatable bonds is 5. The van der Waals surface area contributed by atoms with E-state index < -0.39 is 0 Å². The quantitative estimate of drug-likeness (QED) is 0.375. The average molecular weight is 399 g/mol. The third kappa shape index (κ3) is 3.28. The van der Waals surface area contributed by atoms with Gasteiger partial charge in [0, 0.05) is 28.0 Å². The molecule has 5 aromatic rings. The highest BCUT2D eigenvalue weighted by atomic mass is 32.1. The van der Waals surface area contributed by atoms with Crippen molar-refractivity contribution < 1.29 is 0 Å². The standard InChI is InChI=1S/C24H22N4S/c1-15-7-6-10-19-18(16(2)28-22(15)19)11-12-25-24-23-20(26-14-27-24)13-21(29-23)17-8-4-3-5-9-17/h3-10,13-14,28H,11-12H2,1-2H3,(H,25,26,27). The number of nitrogens with zero attached hydrogens (tertiary/aromatic N) is 2. The Balaban J connectivity index is 1.40. The molecule has 4 nitrogen and oxygen atoms in total. The van der Waals surface area contributed by atoms with E-state index in [1.54, 1.807) is 17.7 Å². The van der Waals surface area contributed by atoms with E-state index in [4.69, 9.17) is 0 Å². The predicted molar refractivity (Wildman–Crippen MR) is 123 cm³/mol. The summed E-state index contributed by atoms with van der Waals surface area (Å²) >= 11 is 1.74. The van der Waals surface area contributed by atoms with Crippen molar-refractivity contribution in [2.45, 2.75) is 20.3 Å². The first kappa shape index (κ1) is 17.9. The Labute approximate surface area is 173 Å². The van der Waals surface area contributed by atoms with Crippen molar-refractivity contribution >= 4 is 38.3 Å². The molecule has 2 aromatic carbocycles. The second kappa shape index (κ2) is 7.33. The summed E-state index contributed by atoms with van der Waals surface area (Å²) in [5.74, 6) is 0.913. The largest absolute Gasteiger partial charge is 0.368 e. The van der Waals surface area contributed by atoms with Crippen LogP contribution in [0.15, 0.2) is 60.9 Å². The van der Waals surface area contributed by atoms with E-state index in [1.165, 1.54) is 38.2 Å². The minimum absolute atomic E-state index is 0.826. The van der Waals surface area contributed by atoms with Gasteiger partial charge in [0.05, 0.1) is 10.2 Å². The van der Waals surface area contributed by atoms with E-state index in [0.717, 1.165) is 29.0 Å². The van der Waals surface area contributed by atoms with Crippen LogP contribution in [0.2, 0.25) is 0 Å². The van der Waals surface area contributed by atoms with Crippen molar-refractivity contribution in [3.8, 4) is 10.4 Å². The molecule has 0 fully saturated rings. The fraction of sp³-hybridized carbons (Fsp3) is 0.167. The van der Waals surface area contributed by atoms with E-state index in [0.29, 0.717) is 0 Å². The zero-order valence-corrected chi connectivity index (χ0v) is 17.3. The number of aryl methyl sites for hydroxylation is 2. The molecule has 5 rings (SSSR count). The van der Waals surface area contributed by atoms with Crippen LogP contribution in [-0.4, -0.2) is 21.5 Å². The van der Waals surface area contributed by atoms with Crippen LogP contribution in [0.3, 0.4) is 0 Å². The maximum atomic E-state index is 4.51. The maximum absolute atomic E-state index is 4.51. The summed E-state index contributed by atoms with van der Waals surface area (Å²) in [5, 5.41) is 4.86. The molecule has 5 heteroatoms. The summed E-state index contributed by atoms with van der Waals surface area (Å²) in [6.45, 7) is 5.13. The highest BCUT2D eigenvalue weighted by Crippen LogP contribution is 2.35. The van der Waals surface area contributed by atoms with Crippen LogP contribution in [0.5, 0.6) is 0 Å². The van der Waals surface area contributed by atoms with E-state index in [2.05, 4.69) is 82.6 Å². The molecule has 3 heterocycles. The van der Waals surface area contributed by atoms with Crippen LogP contribution in [0.25, 0.3) is 31.6 Å². The van der Waals surface area contributed by atoms with Crippen LogP contribution >= 0.6 is 11.3 Å². The Kier molecular flexibility index (Phi) is 4.52. The molecule has 2 N–H and O–H groups in total. The summed E-state index contributed by atoms with van der Waals surface area (Å²) < 4.78 is 1.11. The molecule has 3 aromatic heterocycles. The summed E-state index contributed by atoms with van der Waals surface area (Å²) in [4.78, 5) is 13.7. The number of H-pyrrole nitrogens is 1. The molecule has 0 saturated heterocycles. The average Bonchev–Trinajstić information content (AvgIpc) is 3.32. The Morgan fingerprint density at radius 3 is 2.72 bits per heavy atom. The summed E-state index contributed by atoms with van der Waals surface area (Å²) in [6, 6.07) is 19.1. The van der Waals surface area contributed by atoms with Gasteiger partial charge in [-0.1, -0.05) is 48.5 Å². The first-order chi connectivity index (χ1) is 14.2. The monoisotopic (exact) mass is 398 g/mol. The fourth-order valence-electron chi connectivity index (χ4n) is 3.90. The Hall–Kier alpha value is -3.18. The highest BCUT2D eigenvalue weighted by molar-refractivity contribution is 7.22. The lowest BCUT2D eigenvalue weighted by molar-refractivity contribution is 0.999.